The first-order chi connectivity index (χ1) is 17.0. The van der Waals surface area contributed by atoms with E-state index in [0.717, 1.165) is 37.0 Å². The number of hydrogen-bond acceptors (Lipinski definition) is 3. The van der Waals surface area contributed by atoms with Crippen molar-refractivity contribution in [2.24, 2.45) is 52.3 Å². The number of hydrogen-bond donors (Lipinski definition) is 2. The van der Waals surface area contributed by atoms with Crippen LogP contribution >= 0.6 is 0 Å². The van der Waals surface area contributed by atoms with Gasteiger partial charge in [-0.25, -0.2) is 0 Å². The molecule has 4 aliphatic carbocycles. The zero-order valence-electron chi connectivity index (χ0n) is 26.1. The molecule has 0 bridgehead atoms. The van der Waals surface area contributed by atoms with Crippen LogP contribution in [0.2, 0.25) is 18.1 Å². The minimum atomic E-state index is -2.07. The molecule has 0 aliphatic heterocycles. The lowest BCUT2D eigenvalue weighted by Gasteiger charge is -2.65. The van der Waals surface area contributed by atoms with Crippen LogP contribution in [-0.4, -0.2) is 36.8 Å². The highest BCUT2D eigenvalue weighted by Crippen LogP contribution is 2.69. The Hall–Kier alpha value is 0.0969. The highest BCUT2D eigenvalue weighted by molar-refractivity contribution is 6.74. The van der Waals surface area contributed by atoms with Gasteiger partial charge in [0, 0.05) is 0 Å². The number of aliphatic hydroxyl groups excluding tert-OH is 2. The third-order valence-electron chi connectivity index (χ3n) is 13.1. The number of rotatable bonds is 7. The molecule has 0 radical (unpaired) electrons. The Balaban J connectivity index is 1.67. The highest BCUT2D eigenvalue weighted by Gasteiger charge is 2.66. The number of aliphatic hydroxyl groups is 2. The summed E-state index contributed by atoms with van der Waals surface area (Å²) in [5, 5.41) is 22.9. The quantitative estimate of drug-likeness (QED) is 0.322. The Labute approximate surface area is 231 Å². The van der Waals surface area contributed by atoms with Gasteiger partial charge in [-0.3, -0.25) is 0 Å². The maximum atomic E-state index is 12.1. The van der Waals surface area contributed by atoms with Gasteiger partial charge in [-0.05, 0) is 115 Å². The first kappa shape index (κ1) is 30.1. The van der Waals surface area contributed by atoms with Crippen molar-refractivity contribution >= 4 is 8.32 Å². The van der Waals surface area contributed by atoms with E-state index in [1.54, 1.807) is 0 Å². The summed E-state index contributed by atoms with van der Waals surface area (Å²) < 4.78 is 7.30. The minimum Gasteiger partial charge on any atom is -0.411 e. The summed E-state index contributed by atoms with van der Waals surface area (Å²) in [5.74, 6) is 4.25. The van der Waals surface area contributed by atoms with Crippen LogP contribution in [0.1, 0.15) is 120 Å². The lowest BCUT2D eigenvalue weighted by molar-refractivity contribution is -0.219. The summed E-state index contributed by atoms with van der Waals surface area (Å²) in [7, 11) is -2.07. The van der Waals surface area contributed by atoms with E-state index >= 15 is 0 Å². The van der Waals surface area contributed by atoms with Crippen LogP contribution in [-0.2, 0) is 4.43 Å². The smallest absolute Gasteiger partial charge is 0.192 e. The van der Waals surface area contributed by atoms with Gasteiger partial charge in [-0.2, -0.15) is 0 Å². The van der Waals surface area contributed by atoms with Crippen LogP contribution in [0.15, 0.2) is 0 Å². The second-order valence-corrected chi connectivity index (χ2v) is 21.5. The van der Waals surface area contributed by atoms with Crippen LogP contribution in [0.4, 0.5) is 0 Å². The van der Waals surface area contributed by atoms with Gasteiger partial charge in [-0.1, -0.05) is 74.7 Å². The Morgan fingerprint density at radius 1 is 0.865 bits per heavy atom. The zero-order chi connectivity index (χ0) is 27.6. The molecule has 0 heterocycles. The fraction of sp³-hybridized carbons (Fsp3) is 1.00. The Morgan fingerprint density at radius 3 is 2.11 bits per heavy atom. The van der Waals surface area contributed by atoms with Crippen LogP contribution in [0.3, 0.4) is 0 Å². The average Bonchev–Trinajstić information content (AvgIpc) is 3.13. The lowest BCUT2D eigenvalue weighted by Crippen LogP contribution is -2.66. The predicted molar refractivity (Wildman–Crippen MR) is 158 cm³/mol. The van der Waals surface area contributed by atoms with Gasteiger partial charge >= 0.3 is 0 Å². The molecule has 4 heteroatoms. The molecule has 4 aliphatic rings. The first-order valence-corrected chi connectivity index (χ1v) is 19.0. The van der Waals surface area contributed by atoms with E-state index in [1.165, 1.54) is 44.9 Å². The maximum absolute atomic E-state index is 12.1. The van der Waals surface area contributed by atoms with E-state index in [1.807, 2.05) is 0 Å². The molecule has 0 aromatic carbocycles. The normalized spacial score (nSPS) is 45.3. The van der Waals surface area contributed by atoms with Crippen LogP contribution in [0.5, 0.6) is 0 Å². The summed E-state index contributed by atoms with van der Waals surface area (Å²) in [4.78, 5) is 0. The third kappa shape index (κ3) is 5.29. The van der Waals surface area contributed by atoms with Crippen molar-refractivity contribution in [1.82, 2.24) is 0 Å². The van der Waals surface area contributed by atoms with Gasteiger partial charge in [0.2, 0.25) is 0 Å². The van der Waals surface area contributed by atoms with E-state index in [4.69, 9.17) is 4.43 Å². The zero-order valence-corrected chi connectivity index (χ0v) is 27.1. The monoisotopic (exact) mass is 534 g/mol. The van der Waals surface area contributed by atoms with Crippen LogP contribution in [0.25, 0.3) is 0 Å². The topological polar surface area (TPSA) is 49.7 Å². The summed E-state index contributed by atoms with van der Waals surface area (Å²) in [5.41, 5.74) is 0.490. The van der Waals surface area contributed by atoms with Crippen LogP contribution in [0, 0.1) is 52.3 Å². The first-order valence-electron chi connectivity index (χ1n) is 16.1. The molecule has 0 aromatic heterocycles. The molecule has 37 heavy (non-hydrogen) atoms. The van der Waals surface area contributed by atoms with Gasteiger partial charge in [0.25, 0.3) is 0 Å². The van der Waals surface area contributed by atoms with Crippen LogP contribution < -0.4 is 0 Å². The van der Waals surface area contributed by atoms with E-state index in [-0.39, 0.29) is 28.6 Å². The molecule has 0 spiro atoms. The van der Waals surface area contributed by atoms with Gasteiger partial charge in [0.15, 0.2) is 8.32 Å². The van der Waals surface area contributed by atoms with Gasteiger partial charge in [-0.15, -0.1) is 0 Å². The molecular formula is C33H62O3Si. The second kappa shape index (κ2) is 10.5. The SMILES string of the molecule is CC(C)CCC[C@@H](C)[C@H]1CC[C@H]2[C@@H]3[C@@H](O[Si](C)(C)C(C)(C)C)[C@H](O)[C@H]4C[C@@H](O)CC[C@]4(C)[C@H]3CC[C@]12C. The fourth-order valence-corrected chi connectivity index (χ4v) is 11.2. The maximum Gasteiger partial charge on any atom is 0.192 e. The van der Waals surface area contributed by atoms with Gasteiger partial charge < -0.3 is 14.6 Å². The molecule has 4 rings (SSSR count). The molecule has 0 amide bonds. The molecular weight excluding hydrogens is 472 g/mol. The van der Waals surface area contributed by atoms with Gasteiger partial charge in [0.05, 0.1) is 18.3 Å². The Morgan fingerprint density at radius 2 is 1.49 bits per heavy atom. The molecule has 0 unspecified atom stereocenters. The molecule has 0 saturated heterocycles. The highest BCUT2D eigenvalue weighted by atomic mass is 28.4. The van der Waals surface area contributed by atoms with Crippen molar-refractivity contribution in [1.29, 1.82) is 0 Å². The molecule has 2 N–H and O–H groups in total. The van der Waals surface area contributed by atoms with Crippen molar-refractivity contribution in [3.8, 4) is 0 Å². The predicted octanol–water partition coefficient (Wildman–Crippen LogP) is 8.44. The summed E-state index contributed by atoms with van der Waals surface area (Å²) >= 11 is 0. The Kier molecular flexibility index (Phi) is 8.53. The molecule has 216 valence electrons. The van der Waals surface area contributed by atoms with Crippen molar-refractivity contribution in [2.75, 3.05) is 0 Å². The lowest BCUT2D eigenvalue weighted by atomic mass is 9.43. The van der Waals surface area contributed by atoms with Crippen molar-refractivity contribution < 1.29 is 14.6 Å². The molecule has 4 saturated carbocycles. The summed E-state index contributed by atoms with van der Waals surface area (Å²) in [6, 6.07) is 0. The molecule has 0 aromatic rings. The van der Waals surface area contributed by atoms with Gasteiger partial charge in [0.1, 0.15) is 0 Å². The van der Waals surface area contributed by atoms with E-state index in [0.29, 0.717) is 23.2 Å². The van der Waals surface area contributed by atoms with Crippen molar-refractivity contribution in [3.05, 3.63) is 0 Å². The second-order valence-electron chi connectivity index (χ2n) is 16.7. The largest absolute Gasteiger partial charge is 0.411 e. The molecule has 11 atom stereocenters. The van der Waals surface area contributed by atoms with E-state index in [9.17, 15) is 10.2 Å². The standard InChI is InChI=1S/C33H62O3Si/c1-21(2)12-11-13-22(3)24-14-15-25-28-26(17-19-32(24,25)7)33(8)18-16-23(34)20-27(33)29(35)30(28)36-37(9,10)31(4,5)6/h21-30,34-35H,11-20H2,1-10H3/t22-,23+,24-,25+,26+,27-,28+,29-,30-,32-,33-/m1/s1. The molecule has 4 fully saturated rings. The fourth-order valence-electron chi connectivity index (χ4n) is 9.90. The summed E-state index contributed by atoms with van der Waals surface area (Å²) in [6.45, 7) is 24.1. The third-order valence-corrected chi connectivity index (χ3v) is 17.6. The molecule has 3 nitrogen and oxygen atoms in total. The Bertz CT molecular complexity index is 789. The summed E-state index contributed by atoms with van der Waals surface area (Å²) in [6.07, 6.45) is 11.3. The van der Waals surface area contributed by atoms with E-state index in [2.05, 4.69) is 68.5 Å². The number of fused-ring (bicyclic) bond motifs is 5. The average molecular weight is 535 g/mol. The van der Waals surface area contributed by atoms with E-state index < -0.39 is 14.4 Å². The minimum absolute atomic E-state index is 0.0751. The van der Waals surface area contributed by atoms with Crippen molar-refractivity contribution in [3.63, 3.8) is 0 Å². The van der Waals surface area contributed by atoms with Crippen molar-refractivity contribution in [2.45, 2.75) is 156 Å².